The number of nitriles is 1. The van der Waals surface area contributed by atoms with Crippen molar-refractivity contribution in [2.45, 2.75) is 32.2 Å². The maximum atomic E-state index is 9.02. The molecule has 4 rings (SSSR count). The van der Waals surface area contributed by atoms with Crippen LogP contribution in [0.2, 0.25) is 0 Å². The molecule has 3 heterocycles. The molecule has 110 valence electrons. The van der Waals surface area contributed by atoms with Crippen molar-refractivity contribution in [3.8, 4) is 17.3 Å². The highest BCUT2D eigenvalue weighted by Gasteiger charge is 2.37. The number of hydrogen-bond donors (Lipinski definition) is 1. The lowest BCUT2D eigenvalue weighted by atomic mass is 9.67. The lowest BCUT2D eigenvalue weighted by molar-refractivity contribution is 0.106. The second kappa shape index (κ2) is 4.95. The Kier molecular flexibility index (Phi) is 2.93. The summed E-state index contributed by atoms with van der Waals surface area (Å²) in [6.07, 6.45) is 11.3. The molecule has 0 amide bonds. The van der Waals surface area contributed by atoms with Crippen LogP contribution < -0.4 is 0 Å². The molecule has 0 bridgehead atoms. The summed E-state index contributed by atoms with van der Waals surface area (Å²) in [4.78, 5) is 11.7. The van der Waals surface area contributed by atoms with E-state index in [0.29, 0.717) is 6.42 Å². The van der Waals surface area contributed by atoms with Crippen molar-refractivity contribution in [1.82, 2.24) is 24.7 Å². The quantitative estimate of drug-likeness (QED) is 0.801. The number of nitrogens with zero attached hydrogens (tertiary/aromatic N) is 5. The number of H-pyrrole nitrogens is 1. The molecule has 1 aliphatic carbocycles. The summed E-state index contributed by atoms with van der Waals surface area (Å²) < 4.78 is 1.95. The summed E-state index contributed by atoms with van der Waals surface area (Å²) in [5.74, 6) is 0. The van der Waals surface area contributed by atoms with Crippen LogP contribution in [0.4, 0.5) is 0 Å². The highest BCUT2D eigenvalue weighted by atomic mass is 15.3. The smallest absolute Gasteiger partial charge is 0.141 e. The minimum Gasteiger partial charge on any atom is -0.346 e. The predicted octanol–water partition coefficient (Wildman–Crippen LogP) is 2.91. The third kappa shape index (κ3) is 2.06. The van der Waals surface area contributed by atoms with E-state index < -0.39 is 0 Å². The predicted molar refractivity (Wildman–Crippen MR) is 81.6 cm³/mol. The number of nitrogens with one attached hydrogen (secondary N) is 1. The topological polar surface area (TPSA) is 83.2 Å². The summed E-state index contributed by atoms with van der Waals surface area (Å²) >= 11 is 0. The number of rotatable bonds is 4. The van der Waals surface area contributed by atoms with Gasteiger partial charge >= 0.3 is 0 Å². The molecular formula is C16H16N6. The van der Waals surface area contributed by atoms with Crippen LogP contribution in [0, 0.1) is 16.7 Å². The average molecular weight is 292 g/mol. The molecule has 0 atom stereocenters. The maximum absolute atomic E-state index is 9.02. The van der Waals surface area contributed by atoms with Crippen LogP contribution in [0.15, 0.2) is 31.0 Å². The fraction of sp³-hybridized carbons (Fsp3) is 0.375. The van der Waals surface area contributed by atoms with Gasteiger partial charge in [0.15, 0.2) is 0 Å². The molecule has 0 radical (unpaired) electrons. The Balaban J connectivity index is 1.64. The monoisotopic (exact) mass is 292 g/mol. The molecule has 22 heavy (non-hydrogen) atoms. The van der Waals surface area contributed by atoms with Crippen LogP contribution >= 0.6 is 0 Å². The van der Waals surface area contributed by atoms with Gasteiger partial charge in [0.05, 0.1) is 18.0 Å². The van der Waals surface area contributed by atoms with Gasteiger partial charge in [0.1, 0.15) is 12.0 Å². The fourth-order valence-electron chi connectivity index (χ4n) is 3.25. The third-order valence-electron chi connectivity index (χ3n) is 4.63. The molecule has 3 aromatic heterocycles. The number of aromatic nitrogens is 5. The van der Waals surface area contributed by atoms with Crippen LogP contribution in [0.1, 0.15) is 25.7 Å². The molecule has 3 aromatic rings. The van der Waals surface area contributed by atoms with Crippen LogP contribution in [-0.4, -0.2) is 24.7 Å². The first kappa shape index (κ1) is 13.0. The van der Waals surface area contributed by atoms with Gasteiger partial charge in [-0.1, -0.05) is 6.42 Å². The molecule has 0 saturated heterocycles. The standard InChI is InChI=1S/C16H16N6/c17-6-5-16(3-1-4-16)10-22-9-12(8-21-22)14-13-2-7-18-15(13)20-11-19-14/h2,7-9,11H,1,3-5,10H2,(H,18,19,20). The van der Waals surface area contributed by atoms with E-state index >= 15 is 0 Å². The fourth-order valence-corrected chi connectivity index (χ4v) is 3.25. The van der Waals surface area contributed by atoms with E-state index in [2.05, 4.69) is 26.1 Å². The first-order chi connectivity index (χ1) is 10.8. The van der Waals surface area contributed by atoms with E-state index in [1.54, 1.807) is 6.33 Å². The summed E-state index contributed by atoms with van der Waals surface area (Å²) in [6.45, 7) is 0.807. The van der Waals surface area contributed by atoms with Crippen molar-refractivity contribution in [2.75, 3.05) is 0 Å². The van der Waals surface area contributed by atoms with Crippen molar-refractivity contribution < 1.29 is 0 Å². The van der Waals surface area contributed by atoms with Gasteiger partial charge in [-0.15, -0.1) is 0 Å². The van der Waals surface area contributed by atoms with Gasteiger partial charge in [-0.05, 0) is 18.9 Å². The Bertz CT molecular complexity index is 849. The van der Waals surface area contributed by atoms with Crippen LogP contribution in [0.5, 0.6) is 0 Å². The van der Waals surface area contributed by atoms with E-state index in [9.17, 15) is 0 Å². The van der Waals surface area contributed by atoms with Crippen molar-refractivity contribution >= 4 is 11.0 Å². The first-order valence-electron chi connectivity index (χ1n) is 7.48. The number of fused-ring (bicyclic) bond motifs is 1. The summed E-state index contributed by atoms with van der Waals surface area (Å²) in [5, 5.41) is 14.5. The van der Waals surface area contributed by atoms with Crippen molar-refractivity contribution in [3.05, 3.63) is 31.0 Å². The lowest BCUT2D eigenvalue weighted by Crippen LogP contribution is -2.33. The van der Waals surface area contributed by atoms with Crippen LogP contribution in [0.3, 0.4) is 0 Å². The first-order valence-corrected chi connectivity index (χ1v) is 7.48. The second-order valence-electron chi connectivity index (χ2n) is 6.08. The number of hydrogen-bond acceptors (Lipinski definition) is 4. The molecule has 0 spiro atoms. The van der Waals surface area contributed by atoms with E-state index in [1.165, 1.54) is 6.42 Å². The van der Waals surface area contributed by atoms with Crippen molar-refractivity contribution in [3.63, 3.8) is 0 Å². The zero-order valence-electron chi connectivity index (χ0n) is 12.2. The van der Waals surface area contributed by atoms with E-state index in [0.717, 1.165) is 41.7 Å². The molecule has 1 saturated carbocycles. The molecule has 0 aromatic carbocycles. The van der Waals surface area contributed by atoms with Gasteiger partial charge in [-0.25, -0.2) is 9.97 Å². The molecule has 1 N–H and O–H groups in total. The van der Waals surface area contributed by atoms with Crippen molar-refractivity contribution in [2.24, 2.45) is 5.41 Å². The normalized spacial score (nSPS) is 16.3. The molecular weight excluding hydrogens is 276 g/mol. The highest BCUT2D eigenvalue weighted by molar-refractivity contribution is 5.89. The second-order valence-corrected chi connectivity index (χ2v) is 6.08. The van der Waals surface area contributed by atoms with Gasteiger partial charge in [-0.3, -0.25) is 4.68 Å². The number of aromatic amines is 1. The Labute approximate surface area is 127 Å². The van der Waals surface area contributed by atoms with E-state index in [-0.39, 0.29) is 5.41 Å². The van der Waals surface area contributed by atoms with Crippen LogP contribution in [0.25, 0.3) is 22.3 Å². The van der Waals surface area contributed by atoms with Crippen molar-refractivity contribution in [1.29, 1.82) is 5.26 Å². The largest absolute Gasteiger partial charge is 0.346 e. The van der Waals surface area contributed by atoms with Gasteiger partial charge in [-0.2, -0.15) is 10.4 Å². The molecule has 0 unspecified atom stereocenters. The summed E-state index contributed by atoms with van der Waals surface area (Å²) in [7, 11) is 0. The van der Waals surface area contributed by atoms with Gasteiger partial charge in [0, 0.05) is 41.7 Å². The Morgan fingerprint density at radius 2 is 2.27 bits per heavy atom. The Morgan fingerprint density at radius 1 is 1.36 bits per heavy atom. The summed E-state index contributed by atoms with van der Waals surface area (Å²) in [6, 6.07) is 4.30. The third-order valence-corrected chi connectivity index (χ3v) is 4.63. The molecule has 0 aliphatic heterocycles. The van der Waals surface area contributed by atoms with Gasteiger partial charge in [0.25, 0.3) is 0 Å². The van der Waals surface area contributed by atoms with E-state index in [1.807, 2.05) is 29.3 Å². The minimum absolute atomic E-state index is 0.118. The SMILES string of the molecule is N#CCC1(Cn2cc(-c3ncnc4[nH]ccc34)cn2)CCC1. The highest BCUT2D eigenvalue weighted by Crippen LogP contribution is 2.45. The molecule has 1 aliphatic rings. The summed E-state index contributed by atoms with van der Waals surface area (Å²) in [5.41, 5.74) is 2.82. The average Bonchev–Trinajstić information content (AvgIpc) is 3.13. The Morgan fingerprint density at radius 3 is 3.05 bits per heavy atom. The zero-order chi connectivity index (χ0) is 15.0. The zero-order valence-corrected chi connectivity index (χ0v) is 12.2. The Hall–Kier alpha value is -2.68. The molecule has 6 heteroatoms. The lowest BCUT2D eigenvalue weighted by Gasteiger charge is -2.39. The maximum Gasteiger partial charge on any atom is 0.141 e. The minimum atomic E-state index is 0.118. The molecule has 6 nitrogen and oxygen atoms in total. The van der Waals surface area contributed by atoms with Gasteiger partial charge in [0.2, 0.25) is 0 Å². The van der Waals surface area contributed by atoms with Crippen LogP contribution in [-0.2, 0) is 6.54 Å². The van der Waals surface area contributed by atoms with E-state index in [4.69, 9.17) is 5.26 Å². The molecule has 1 fully saturated rings. The van der Waals surface area contributed by atoms with Gasteiger partial charge < -0.3 is 4.98 Å².